The SMILES string of the molecule is Cc1cc(NC(=O)C2CC(C(=O)O)=NO2)nn1C. The number of amides is 1. The molecule has 2 heterocycles. The van der Waals surface area contributed by atoms with E-state index in [1.807, 2.05) is 6.92 Å². The average molecular weight is 252 g/mol. The lowest BCUT2D eigenvalue weighted by atomic mass is 10.2. The summed E-state index contributed by atoms with van der Waals surface area (Å²) >= 11 is 0. The normalized spacial score (nSPS) is 18.1. The van der Waals surface area contributed by atoms with Gasteiger partial charge >= 0.3 is 5.97 Å². The minimum absolute atomic E-state index is 0.0486. The van der Waals surface area contributed by atoms with Gasteiger partial charge in [0.05, 0.1) is 0 Å². The Labute approximate surface area is 102 Å². The Morgan fingerprint density at radius 1 is 1.61 bits per heavy atom. The Morgan fingerprint density at radius 2 is 2.33 bits per heavy atom. The van der Waals surface area contributed by atoms with Crippen molar-refractivity contribution in [3.05, 3.63) is 11.8 Å². The number of aromatic nitrogens is 2. The Morgan fingerprint density at radius 3 is 2.83 bits per heavy atom. The van der Waals surface area contributed by atoms with Gasteiger partial charge in [-0.15, -0.1) is 0 Å². The highest BCUT2D eigenvalue weighted by molar-refractivity contribution is 6.36. The van der Waals surface area contributed by atoms with Crippen molar-refractivity contribution in [1.29, 1.82) is 0 Å². The highest BCUT2D eigenvalue weighted by Crippen LogP contribution is 2.14. The van der Waals surface area contributed by atoms with Crippen LogP contribution in [0, 0.1) is 6.92 Å². The van der Waals surface area contributed by atoms with Gasteiger partial charge in [0, 0.05) is 25.2 Å². The number of rotatable bonds is 3. The van der Waals surface area contributed by atoms with E-state index in [2.05, 4.69) is 15.6 Å². The minimum atomic E-state index is -1.18. The molecule has 0 bridgehead atoms. The molecule has 1 aromatic heterocycles. The summed E-state index contributed by atoms with van der Waals surface area (Å²) in [6.45, 7) is 1.85. The predicted octanol–water partition coefficient (Wildman–Crippen LogP) is -0.103. The van der Waals surface area contributed by atoms with Gasteiger partial charge in [-0.2, -0.15) is 5.10 Å². The van der Waals surface area contributed by atoms with Crippen LogP contribution >= 0.6 is 0 Å². The van der Waals surface area contributed by atoms with E-state index in [9.17, 15) is 9.59 Å². The molecule has 2 rings (SSSR count). The first-order chi connectivity index (χ1) is 8.47. The van der Waals surface area contributed by atoms with E-state index in [4.69, 9.17) is 9.94 Å². The number of aliphatic carboxylic acids is 1. The Hall–Kier alpha value is -2.38. The van der Waals surface area contributed by atoms with Gasteiger partial charge in [0.1, 0.15) is 0 Å². The Kier molecular flexibility index (Phi) is 3.00. The van der Waals surface area contributed by atoms with Crippen LogP contribution in [0.3, 0.4) is 0 Å². The molecule has 0 spiro atoms. The lowest BCUT2D eigenvalue weighted by Crippen LogP contribution is -2.29. The van der Waals surface area contributed by atoms with Crippen molar-refractivity contribution in [3.63, 3.8) is 0 Å². The molecule has 0 aliphatic carbocycles. The maximum absolute atomic E-state index is 11.8. The first kappa shape index (κ1) is 12.1. The fraction of sp³-hybridized carbons (Fsp3) is 0.400. The van der Waals surface area contributed by atoms with Crippen LogP contribution in [-0.2, 0) is 21.5 Å². The zero-order chi connectivity index (χ0) is 13.3. The van der Waals surface area contributed by atoms with E-state index >= 15 is 0 Å². The quantitative estimate of drug-likeness (QED) is 0.781. The minimum Gasteiger partial charge on any atom is -0.477 e. The molecule has 0 saturated heterocycles. The third-order valence-electron chi connectivity index (χ3n) is 2.57. The monoisotopic (exact) mass is 252 g/mol. The summed E-state index contributed by atoms with van der Waals surface area (Å²) in [4.78, 5) is 27.1. The summed E-state index contributed by atoms with van der Waals surface area (Å²) in [5, 5.41) is 18.6. The smallest absolute Gasteiger partial charge is 0.353 e. The molecule has 1 unspecified atom stereocenters. The van der Waals surface area contributed by atoms with Crippen LogP contribution in [0.25, 0.3) is 0 Å². The molecule has 0 saturated carbocycles. The van der Waals surface area contributed by atoms with Gasteiger partial charge in [-0.1, -0.05) is 5.16 Å². The van der Waals surface area contributed by atoms with Crippen LogP contribution < -0.4 is 5.32 Å². The number of nitrogens with zero attached hydrogens (tertiary/aromatic N) is 3. The van der Waals surface area contributed by atoms with Crippen molar-refractivity contribution in [2.75, 3.05) is 5.32 Å². The van der Waals surface area contributed by atoms with Crippen LogP contribution in [0.4, 0.5) is 5.82 Å². The lowest BCUT2D eigenvalue weighted by Gasteiger charge is -2.06. The number of nitrogens with one attached hydrogen (secondary N) is 1. The highest BCUT2D eigenvalue weighted by Gasteiger charge is 2.31. The number of carboxylic acids is 1. The molecule has 96 valence electrons. The van der Waals surface area contributed by atoms with Gasteiger partial charge in [0.2, 0.25) is 6.10 Å². The number of carboxylic acid groups (broad SMARTS) is 1. The molecule has 1 atom stereocenters. The van der Waals surface area contributed by atoms with E-state index in [-0.39, 0.29) is 12.1 Å². The molecule has 8 heteroatoms. The second kappa shape index (κ2) is 4.47. The van der Waals surface area contributed by atoms with Crippen LogP contribution in [0.1, 0.15) is 12.1 Å². The number of hydrogen-bond donors (Lipinski definition) is 2. The van der Waals surface area contributed by atoms with Crippen molar-refractivity contribution in [2.24, 2.45) is 12.2 Å². The van der Waals surface area contributed by atoms with Gasteiger partial charge in [-0.3, -0.25) is 9.48 Å². The topological polar surface area (TPSA) is 106 Å². The van der Waals surface area contributed by atoms with E-state index in [1.54, 1.807) is 17.8 Å². The molecule has 0 radical (unpaired) electrons. The maximum Gasteiger partial charge on any atom is 0.353 e. The summed E-state index contributed by atoms with van der Waals surface area (Å²) in [6, 6.07) is 1.70. The number of hydrogen-bond acceptors (Lipinski definition) is 5. The van der Waals surface area contributed by atoms with Crippen LogP contribution in [-0.4, -0.2) is 38.6 Å². The third-order valence-corrected chi connectivity index (χ3v) is 2.57. The summed E-state index contributed by atoms with van der Waals surface area (Å²) in [5.74, 6) is -1.25. The van der Waals surface area contributed by atoms with Crippen molar-refractivity contribution in [1.82, 2.24) is 9.78 Å². The van der Waals surface area contributed by atoms with E-state index < -0.39 is 18.0 Å². The number of anilines is 1. The van der Waals surface area contributed by atoms with Gasteiger partial charge in [0.25, 0.3) is 5.91 Å². The second-order valence-corrected chi connectivity index (χ2v) is 3.93. The molecular weight excluding hydrogens is 240 g/mol. The van der Waals surface area contributed by atoms with Gasteiger partial charge in [0.15, 0.2) is 11.5 Å². The van der Waals surface area contributed by atoms with E-state index in [0.717, 1.165) is 5.69 Å². The maximum atomic E-state index is 11.8. The number of aryl methyl sites for hydroxylation is 2. The average Bonchev–Trinajstić information content (AvgIpc) is 2.87. The zero-order valence-corrected chi connectivity index (χ0v) is 9.88. The van der Waals surface area contributed by atoms with Crippen molar-refractivity contribution in [2.45, 2.75) is 19.4 Å². The molecule has 1 aliphatic heterocycles. The summed E-state index contributed by atoms with van der Waals surface area (Å²) < 4.78 is 1.62. The van der Waals surface area contributed by atoms with Gasteiger partial charge in [-0.05, 0) is 6.92 Å². The third kappa shape index (κ3) is 2.31. The number of oxime groups is 1. The molecule has 18 heavy (non-hydrogen) atoms. The zero-order valence-electron chi connectivity index (χ0n) is 9.88. The van der Waals surface area contributed by atoms with Crippen LogP contribution in [0.15, 0.2) is 11.2 Å². The van der Waals surface area contributed by atoms with Gasteiger partial charge < -0.3 is 15.3 Å². The largest absolute Gasteiger partial charge is 0.477 e. The summed E-state index contributed by atoms with van der Waals surface area (Å²) in [6.07, 6.45) is -0.967. The van der Waals surface area contributed by atoms with Crippen molar-refractivity contribution < 1.29 is 19.5 Å². The first-order valence-corrected chi connectivity index (χ1v) is 5.25. The highest BCUT2D eigenvalue weighted by atomic mass is 16.6. The van der Waals surface area contributed by atoms with Crippen LogP contribution in [0.5, 0.6) is 0 Å². The molecule has 0 fully saturated rings. The molecule has 2 N–H and O–H groups in total. The summed E-state index contributed by atoms with van der Waals surface area (Å²) in [7, 11) is 1.75. The number of carbonyl (C=O) groups excluding carboxylic acids is 1. The van der Waals surface area contributed by atoms with Gasteiger partial charge in [-0.25, -0.2) is 4.79 Å². The van der Waals surface area contributed by atoms with E-state index in [0.29, 0.717) is 5.82 Å². The Bertz CT molecular complexity index is 514. The Balaban J connectivity index is 1.96. The van der Waals surface area contributed by atoms with Crippen LogP contribution in [0.2, 0.25) is 0 Å². The molecule has 1 aromatic rings. The standard InChI is InChI=1S/C10H12N4O4/c1-5-3-8(12-14(5)2)11-9(15)7-4-6(10(16)17)13-18-7/h3,7H,4H2,1-2H3,(H,16,17)(H,11,12,15). The lowest BCUT2D eigenvalue weighted by molar-refractivity contribution is -0.129. The molecule has 1 aliphatic rings. The molecule has 1 amide bonds. The fourth-order valence-corrected chi connectivity index (χ4v) is 1.47. The molecule has 0 aromatic carbocycles. The van der Waals surface area contributed by atoms with Crippen molar-refractivity contribution in [3.8, 4) is 0 Å². The fourth-order valence-electron chi connectivity index (χ4n) is 1.47. The molecular formula is C10H12N4O4. The summed E-state index contributed by atoms with van der Waals surface area (Å²) in [5.41, 5.74) is 0.729. The second-order valence-electron chi connectivity index (χ2n) is 3.93. The van der Waals surface area contributed by atoms with E-state index in [1.165, 1.54) is 0 Å². The predicted molar refractivity (Wildman–Crippen MR) is 61.1 cm³/mol. The molecule has 8 nitrogen and oxygen atoms in total. The van der Waals surface area contributed by atoms with Crippen molar-refractivity contribution >= 4 is 23.4 Å². The first-order valence-electron chi connectivity index (χ1n) is 5.25. The number of carbonyl (C=O) groups is 2.